The molecule has 2 heterocycles. The average molecular weight is 720 g/mol. The van der Waals surface area contributed by atoms with Crippen molar-refractivity contribution in [3.8, 4) is 11.8 Å². The number of fused-ring (bicyclic) bond motifs is 2. The van der Waals surface area contributed by atoms with E-state index >= 15 is 0 Å². The summed E-state index contributed by atoms with van der Waals surface area (Å²) in [5.74, 6) is 6.16. The normalized spacial score (nSPS) is 15.9. The second-order valence-corrected chi connectivity index (χ2v) is 12.7. The number of carbonyl (C=O) groups excluding carboxylic acids is 4. The summed E-state index contributed by atoms with van der Waals surface area (Å²) < 4.78 is 22.0. The van der Waals surface area contributed by atoms with E-state index in [1.54, 1.807) is 4.90 Å². The molecule has 1 fully saturated rings. The molecule has 13 heteroatoms. The van der Waals surface area contributed by atoms with Gasteiger partial charge in [0.05, 0.1) is 71.1 Å². The number of para-hydroxylation sites is 1. The summed E-state index contributed by atoms with van der Waals surface area (Å²) in [7, 11) is 0. The van der Waals surface area contributed by atoms with Crippen LogP contribution in [0.25, 0.3) is 0 Å². The number of carbonyl (C=O) groups is 4. The van der Waals surface area contributed by atoms with Crippen molar-refractivity contribution >= 4 is 29.4 Å². The Morgan fingerprint density at radius 1 is 0.712 bits per heavy atom. The third-order valence-corrected chi connectivity index (χ3v) is 8.69. The number of rotatable bonds is 24. The van der Waals surface area contributed by atoms with Gasteiger partial charge < -0.3 is 45.1 Å². The first-order valence-electron chi connectivity index (χ1n) is 18.3. The molecule has 0 unspecified atom stereocenters. The van der Waals surface area contributed by atoms with E-state index in [2.05, 4.69) is 33.1 Å². The van der Waals surface area contributed by atoms with Crippen LogP contribution in [0.5, 0.6) is 0 Å². The Kier molecular flexibility index (Phi) is 17.9. The molecule has 0 radical (unpaired) electrons. The Morgan fingerprint density at radius 2 is 1.33 bits per heavy atom. The molecule has 2 aliphatic rings. The number of benzene rings is 2. The van der Waals surface area contributed by atoms with Crippen molar-refractivity contribution in [3.05, 3.63) is 65.2 Å². The molecule has 5 amide bonds. The molecule has 13 nitrogen and oxygen atoms in total. The summed E-state index contributed by atoms with van der Waals surface area (Å²) in [5, 5.41) is 11.4. The van der Waals surface area contributed by atoms with Crippen LogP contribution in [-0.2, 0) is 39.9 Å². The van der Waals surface area contributed by atoms with E-state index in [9.17, 15) is 19.2 Å². The van der Waals surface area contributed by atoms with Crippen LogP contribution in [0.2, 0.25) is 0 Å². The summed E-state index contributed by atoms with van der Waals surface area (Å²) in [6.45, 7) is 6.22. The van der Waals surface area contributed by atoms with Crippen LogP contribution in [0.15, 0.2) is 48.5 Å². The molecule has 2 atom stereocenters. The highest BCUT2D eigenvalue weighted by atomic mass is 16.6. The van der Waals surface area contributed by atoms with Crippen molar-refractivity contribution < 1.29 is 38.1 Å². The molecule has 0 aromatic heterocycles. The van der Waals surface area contributed by atoms with E-state index in [0.717, 1.165) is 48.1 Å². The van der Waals surface area contributed by atoms with Crippen molar-refractivity contribution in [1.29, 1.82) is 0 Å². The van der Waals surface area contributed by atoms with Gasteiger partial charge in [0.15, 0.2) is 0 Å². The molecule has 4 rings (SSSR count). The van der Waals surface area contributed by atoms with Gasteiger partial charge in [-0.15, -0.1) is 0 Å². The molecule has 1 saturated heterocycles. The Morgan fingerprint density at radius 3 is 2.06 bits per heavy atom. The third-order valence-electron chi connectivity index (χ3n) is 8.69. The number of ether oxygens (including phenoxy) is 4. The van der Waals surface area contributed by atoms with Crippen LogP contribution in [0, 0.1) is 11.8 Å². The van der Waals surface area contributed by atoms with E-state index in [0.29, 0.717) is 65.8 Å². The molecule has 0 bridgehead atoms. The smallest absolute Gasteiger partial charge is 0.315 e. The average Bonchev–Trinajstić information content (AvgIpc) is 3.46. The third kappa shape index (κ3) is 14.6. The quantitative estimate of drug-likeness (QED) is 0.0954. The minimum absolute atomic E-state index is 0.0197. The molecule has 282 valence electrons. The number of nitrogens with zero attached hydrogens (tertiary/aromatic N) is 1. The Hall–Kier alpha value is -4.48. The Labute approximate surface area is 306 Å². The van der Waals surface area contributed by atoms with Gasteiger partial charge >= 0.3 is 6.03 Å². The molecular weight excluding hydrogens is 666 g/mol. The van der Waals surface area contributed by atoms with E-state index in [4.69, 9.17) is 18.9 Å². The molecular formula is C39H53N5O8. The second kappa shape index (κ2) is 23.2. The van der Waals surface area contributed by atoms with Crippen molar-refractivity contribution in [3.63, 3.8) is 0 Å². The van der Waals surface area contributed by atoms with Crippen molar-refractivity contribution in [2.45, 2.75) is 70.5 Å². The van der Waals surface area contributed by atoms with Crippen LogP contribution in [0.3, 0.4) is 0 Å². The SMILES string of the molecule is C[C@@H]1NC(=O)N[C@H]1CCCCCC(=O)NCCOCCOCCOCCOCCC(=O)NCCC(=O)N1Cc2ccccc2C#Cc2ccccc21. The van der Waals surface area contributed by atoms with Gasteiger partial charge in [-0.1, -0.05) is 55.0 Å². The fourth-order valence-corrected chi connectivity index (χ4v) is 5.81. The van der Waals surface area contributed by atoms with Gasteiger partial charge in [0.1, 0.15) is 0 Å². The maximum absolute atomic E-state index is 13.3. The first kappa shape index (κ1) is 40.3. The van der Waals surface area contributed by atoms with Gasteiger partial charge in [-0.25, -0.2) is 4.79 Å². The van der Waals surface area contributed by atoms with Crippen LogP contribution < -0.4 is 26.2 Å². The summed E-state index contributed by atoms with van der Waals surface area (Å²) >= 11 is 0. The number of unbranched alkanes of at least 4 members (excludes halogenated alkanes) is 2. The molecule has 0 saturated carbocycles. The lowest BCUT2D eigenvalue weighted by molar-refractivity contribution is -0.123. The summed E-state index contributed by atoms with van der Waals surface area (Å²) in [5.41, 5.74) is 3.45. The summed E-state index contributed by atoms with van der Waals surface area (Å²) in [4.78, 5) is 50.6. The fraction of sp³-hybridized carbons (Fsp3) is 0.538. The number of urea groups is 1. The maximum Gasteiger partial charge on any atom is 0.315 e. The number of amides is 5. The van der Waals surface area contributed by atoms with Gasteiger partial charge in [0, 0.05) is 49.5 Å². The number of hydrogen-bond acceptors (Lipinski definition) is 8. The first-order chi connectivity index (χ1) is 25.4. The molecule has 0 aliphatic carbocycles. The monoisotopic (exact) mass is 719 g/mol. The first-order valence-corrected chi connectivity index (χ1v) is 18.3. The van der Waals surface area contributed by atoms with Crippen LogP contribution in [0.4, 0.5) is 10.5 Å². The summed E-state index contributed by atoms with van der Waals surface area (Å²) in [6.07, 6.45) is 4.51. The second-order valence-electron chi connectivity index (χ2n) is 12.7. The minimum atomic E-state index is -0.178. The maximum atomic E-state index is 13.3. The molecule has 4 N–H and O–H groups in total. The Balaban J connectivity index is 0.909. The number of hydrogen-bond donors (Lipinski definition) is 4. The van der Waals surface area contributed by atoms with Gasteiger partial charge in [-0.3, -0.25) is 14.4 Å². The highest BCUT2D eigenvalue weighted by molar-refractivity contribution is 5.95. The highest BCUT2D eigenvalue weighted by Gasteiger charge is 2.27. The van der Waals surface area contributed by atoms with Crippen LogP contribution >= 0.6 is 0 Å². The van der Waals surface area contributed by atoms with Crippen LogP contribution in [0.1, 0.15) is 68.6 Å². The lowest BCUT2D eigenvalue weighted by atomic mass is 10.0. The highest BCUT2D eigenvalue weighted by Crippen LogP contribution is 2.25. The Bertz CT molecular complexity index is 1510. The standard InChI is InChI=1S/C39H53N5O8/c1-30-34(43-39(48)42-30)12-3-2-4-14-36(45)41-20-22-50-24-26-52-28-27-51-25-23-49-21-18-37(46)40-19-17-38(47)44-29-33-11-6-5-9-31(33)15-16-32-10-7-8-13-35(32)44/h5-11,13,30,34H,2-4,12,14,17-29H2,1H3,(H,40,46)(H,41,45)(H2,42,43,48)/t30-,34-/m0/s1. The van der Waals surface area contributed by atoms with Gasteiger partial charge in [-0.2, -0.15) is 0 Å². The van der Waals surface area contributed by atoms with E-state index in [-0.39, 0.29) is 61.8 Å². The lowest BCUT2D eigenvalue weighted by Gasteiger charge is -2.26. The molecule has 2 aromatic carbocycles. The van der Waals surface area contributed by atoms with Crippen molar-refractivity contribution in [1.82, 2.24) is 21.3 Å². The number of nitrogens with one attached hydrogen (secondary N) is 4. The minimum Gasteiger partial charge on any atom is -0.379 e. The van der Waals surface area contributed by atoms with Crippen molar-refractivity contribution in [2.75, 3.05) is 70.8 Å². The summed E-state index contributed by atoms with van der Waals surface area (Å²) in [6, 6.07) is 15.7. The number of anilines is 1. The topological polar surface area (TPSA) is 157 Å². The van der Waals surface area contributed by atoms with E-state index in [1.165, 1.54) is 0 Å². The van der Waals surface area contributed by atoms with E-state index < -0.39 is 0 Å². The molecule has 52 heavy (non-hydrogen) atoms. The zero-order valence-corrected chi connectivity index (χ0v) is 30.2. The molecule has 2 aliphatic heterocycles. The van der Waals surface area contributed by atoms with E-state index in [1.807, 2.05) is 55.5 Å². The molecule has 0 spiro atoms. The molecule has 2 aromatic rings. The predicted molar refractivity (Wildman–Crippen MR) is 197 cm³/mol. The van der Waals surface area contributed by atoms with Crippen LogP contribution in [-0.4, -0.2) is 102 Å². The zero-order valence-electron chi connectivity index (χ0n) is 30.2. The predicted octanol–water partition coefficient (Wildman–Crippen LogP) is 3.03. The van der Waals surface area contributed by atoms with Gasteiger partial charge in [0.2, 0.25) is 17.7 Å². The fourth-order valence-electron chi connectivity index (χ4n) is 5.81. The largest absolute Gasteiger partial charge is 0.379 e. The lowest BCUT2D eigenvalue weighted by Crippen LogP contribution is -2.35. The van der Waals surface area contributed by atoms with Crippen molar-refractivity contribution in [2.24, 2.45) is 0 Å². The van der Waals surface area contributed by atoms with Gasteiger partial charge in [0.25, 0.3) is 0 Å². The van der Waals surface area contributed by atoms with Gasteiger partial charge in [-0.05, 0) is 43.5 Å². The zero-order chi connectivity index (χ0) is 36.8.